The number of rotatable bonds is 1. The molecular weight excluding hydrogens is 230 g/mol. The molecule has 0 aromatic carbocycles. The minimum Gasteiger partial charge on any atom is -0.397 e. The van der Waals surface area contributed by atoms with Crippen molar-refractivity contribution in [3.8, 4) is 0 Å². The predicted octanol–water partition coefficient (Wildman–Crippen LogP) is 1.67. The highest BCUT2D eigenvalue weighted by Gasteiger charge is 2.12. The Kier molecular flexibility index (Phi) is 2.33. The van der Waals surface area contributed by atoms with Crippen molar-refractivity contribution in [3.63, 3.8) is 0 Å². The van der Waals surface area contributed by atoms with E-state index in [1.54, 1.807) is 6.20 Å². The molecule has 0 saturated heterocycles. The van der Waals surface area contributed by atoms with Crippen LogP contribution in [0.15, 0.2) is 24.5 Å². The molecule has 68 valence electrons. The quantitative estimate of drug-likeness (QED) is 0.759. The Labute approximate surface area is 85.6 Å². The van der Waals surface area contributed by atoms with Crippen molar-refractivity contribution in [1.29, 1.82) is 0 Å². The number of halogens is 1. The first-order chi connectivity index (χ1) is 6.25. The molecule has 1 aliphatic heterocycles. The number of pyridine rings is 1. The van der Waals surface area contributed by atoms with Crippen LogP contribution in [0.25, 0.3) is 5.57 Å². The van der Waals surface area contributed by atoms with Crippen molar-refractivity contribution in [2.75, 3.05) is 18.8 Å². The molecule has 0 aliphatic carbocycles. The molecule has 0 atom stereocenters. The second-order valence-corrected chi connectivity index (χ2v) is 4.04. The Hall–Kier alpha value is -0.870. The molecule has 1 aliphatic rings. The molecule has 2 N–H and O–H groups in total. The molecule has 2 rings (SSSR count). The summed E-state index contributed by atoms with van der Waals surface area (Å²) >= 11 is 3.42. The van der Waals surface area contributed by atoms with Gasteiger partial charge >= 0.3 is 0 Å². The minimum atomic E-state index is 0.714. The van der Waals surface area contributed by atoms with E-state index in [1.165, 1.54) is 5.57 Å². The fourth-order valence-electron chi connectivity index (χ4n) is 1.37. The normalized spacial score (nSPS) is 17.5. The fourth-order valence-corrected chi connectivity index (χ4v) is 1.78. The van der Waals surface area contributed by atoms with E-state index in [4.69, 9.17) is 5.73 Å². The second kappa shape index (κ2) is 3.47. The molecular formula is C9H10BrN3. The molecule has 0 spiro atoms. The van der Waals surface area contributed by atoms with Gasteiger partial charge in [0.2, 0.25) is 0 Å². The summed E-state index contributed by atoms with van der Waals surface area (Å²) in [5.74, 6) is 0. The Morgan fingerprint density at radius 3 is 2.92 bits per heavy atom. The number of aromatic nitrogens is 1. The highest BCUT2D eigenvalue weighted by atomic mass is 79.9. The lowest BCUT2D eigenvalue weighted by Crippen LogP contribution is -2.05. The standard InChI is InChI=1S/C9H10BrN3/c10-13-2-1-7(6-13)8-3-9(11)5-12-4-8/h1,3-5H,2,6,11H2. The van der Waals surface area contributed by atoms with E-state index in [9.17, 15) is 0 Å². The van der Waals surface area contributed by atoms with Gasteiger partial charge in [-0.05, 0) is 17.2 Å². The van der Waals surface area contributed by atoms with Crippen molar-refractivity contribution >= 4 is 27.4 Å². The summed E-state index contributed by atoms with van der Waals surface area (Å²) in [4.78, 5) is 4.05. The average Bonchev–Trinajstić information content (AvgIpc) is 2.52. The third-order valence-electron chi connectivity index (χ3n) is 2.01. The van der Waals surface area contributed by atoms with Gasteiger partial charge in [-0.1, -0.05) is 6.08 Å². The van der Waals surface area contributed by atoms with Crippen LogP contribution in [0.2, 0.25) is 0 Å². The van der Waals surface area contributed by atoms with Gasteiger partial charge in [0.15, 0.2) is 0 Å². The molecule has 1 aromatic heterocycles. The summed E-state index contributed by atoms with van der Waals surface area (Å²) in [6.45, 7) is 1.84. The van der Waals surface area contributed by atoms with Crippen LogP contribution in [-0.2, 0) is 0 Å². The van der Waals surface area contributed by atoms with Crippen molar-refractivity contribution in [1.82, 2.24) is 8.91 Å². The first-order valence-corrected chi connectivity index (χ1v) is 4.77. The molecule has 0 radical (unpaired) electrons. The van der Waals surface area contributed by atoms with E-state index in [0.717, 1.165) is 18.7 Å². The van der Waals surface area contributed by atoms with Crippen LogP contribution in [0.3, 0.4) is 0 Å². The summed E-state index contributed by atoms with van der Waals surface area (Å²) in [6.07, 6.45) is 5.67. The predicted molar refractivity (Wildman–Crippen MR) is 57.1 cm³/mol. The first kappa shape index (κ1) is 8.72. The number of hydrogen-bond donors (Lipinski definition) is 1. The van der Waals surface area contributed by atoms with Crippen molar-refractivity contribution < 1.29 is 0 Å². The van der Waals surface area contributed by atoms with Gasteiger partial charge in [-0.25, -0.2) is 3.93 Å². The molecule has 4 heteroatoms. The van der Waals surface area contributed by atoms with E-state index >= 15 is 0 Å². The maximum absolute atomic E-state index is 5.65. The summed E-state index contributed by atoms with van der Waals surface area (Å²) in [5, 5.41) is 0. The first-order valence-electron chi connectivity index (χ1n) is 4.06. The van der Waals surface area contributed by atoms with Crippen molar-refractivity contribution in [3.05, 3.63) is 30.1 Å². The molecule has 13 heavy (non-hydrogen) atoms. The Morgan fingerprint density at radius 2 is 2.31 bits per heavy atom. The Balaban J connectivity index is 2.26. The van der Waals surface area contributed by atoms with E-state index in [0.29, 0.717) is 5.69 Å². The number of nitrogens with two attached hydrogens (primary N) is 1. The topological polar surface area (TPSA) is 42.1 Å². The van der Waals surface area contributed by atoms with Crippen LogP contribution in [0.1, 0.15) is 5.56 Å². The monoisotopic (exact) mass is 239 g/mol. The summed E-state index contributed by atoms with van der Waals surface area (Å²) in [7, 11) is 0. The smallest absolute Gasteiger partial charge is 0.0506 e. The molecule has 0 bridgehead atoms. The van der Waals surface area contributed by atoms with Crippen LogP contribution < -0.4 is 5.73 Å². The fraction of sp³-hybridized carbons (Fsp3) is 0.222. The molecule has 0 saturated carbocycles. The number of hydrogen-bond acceptors (Lipinski definition) is 3. The van der Waals surface area contributed by atoms with E-state index in [-0.39, 0.29) is 0 Å². The van der Waals surface area contributed by atoms with E-state index < -0.39 is 0 Å². The lowest BCUT2D eigenvalue weighted by atomic mass is 10.1. The van der Waals surface area contributed by atoms with Gasteiger partial charge in [-0.2, -0.15) is 0 Å². The van der Waals surface area contributed by atoms with Gasteiger partial charge in [0.25, 0.3) is 0 Å². The molecule has 0 fully saturated rings. The maximum Gasteiger partial charge on any atom is 0.0506 e. The van der Waals surface area contributed by atoms with Gasteiger partial charge in [0.05, 0.1) is 5.69 Å². The van der Waals surface area contributed by atoms with Crippen molar-refractivity contribution in [2.45, 2.75) is 0 Å². The second-order valence-electron chi connectivity index (χ2n) is 3.04. The van der Waals surface area contributed by atoms with Gasteiger partial charge in [0.1, 0.15) is 0 Å². The Morgan fingerprint density at radius 1 is 1.46 bits per heavy atom. The minimum absolute atomic E-state index is 0.714. The molecule has 0 unspecified atom stereocenters. The van der Waals surface area contributed by atoms with Gasteiger partial charge in [0, 0.05) is 41.6 Å². The zero-order valence-electron chi connectivity index (χ0n) is 7.07. The third kappa shape index (κ3) is 1.89. The zero-order chi connectivity index (χ0) is 9.26. The van der Waals surface area contributed by atoms with E-state index in [2.05, 4.69) is 31.1 Å². The van der Waals surface area contributed by atoms with Crippen LogP contribution >= 0.6 is 16.1 Å². The zero-order valence-corrected chi connectivity index (χ0v) is 8.66. The Bertz CT molecular complexity index is 348. The molecule has 1 aromatic rings. The maximum atomic E-state index is 5.65. The van der Waals surface area contributed by atoms with Crippen LogP contribution in [-0.4, -0.2) is 22.0 Å². The number of nitrogen functional groups attached to an aromatic ring is 1. The number of nitrogens with zero attached hydrogens (tertiary/aromatic N) is 2. The molecule has 3 nitrogen and oxygen atoms in total. The summed E-state index contributed by atoms with van der Waals surface area (Å²) < 4.78 is 2.06. The SMILES string of the molecule is Nc1cncc(C2=CCN(Br)C2)c1. The highest BCUT2D eigenvalue weighted by molar-refractivity contribution is 9.07. The third-order valence-corrected chi connectivity index (χ3v) is 2.55. The van der Waals surface area contributed by atoms with Crippen LogP contribution in [0.5, 0.6) is 0 Å². The van der Waals surface area contributed by atoms with Crippen LogP contribution in [0.4, 0.5) is 5.69 Å². The summed E-state index contributed by atoms with van der Waals surface area (Å²) in [6, 6.07) is 1.95. The molecule has 2 heterocycles. The van der Waals surface area contributed by atoms with Crippen LogP contribution in [0, 0.1) is 0 Å². The lowest BCUT2D eigenvalue weighted by molar-refractivity contribution is 0.637. The van der Waals surface area contributed by atoms with Gasteiger partial charge < -0.3 is 5.73 Å². The highest BCUT2D eigenvalue weighted by Crippen LogP contribution is 2.23. The molecule has 0 amide bonds. The largest absolute Gasteiger partial charge is 0.397 e. The van der Waals surface area contributed by atoms with Crippen molar-refractivity contribution in [2.24, 2.45) is 0 Å². The lowest BCUT2D eigenvalue weighted by Gasteiger charge is -2.05. The average molecular weight is 240 g/mol. The van der Waals surface area contributed by atoms with Gasteiger partial charge in [-0.15, -0.1) is 0 Å². The van der Waals surface area contributed by atoms with Gasteiger partial charge in [-0.3, -0.25) is 4.98 Å². The van der Waals surface area contributed by atoms with E-state index in [1.807, 2.05) is 12.3 Å². The summed E-state index contributed by atoms with van der Waals surface area (Å²) in [5.41, 5.74) is 8.75. The number of anilines is 1.